The minimum Gasteiger partial charge on any atom is -0.395 e. The lowest BCUT2D eigenvalue weighted by molar-refractivity contribution is -0.557. The topological polar surface area (TPSA) is 79.2 Å². The molecule has 7 nitrogen and oxygen atoms in total. The summed E-state index contributed by atoms with van der Waals surface area (Å²) in [6.45, 7) is 3.89. The summed E-state index contributed by atoms with van der Waals surface area (Å²) in [6, 6.07) is 7.94. The Labute approximate surface area is 150 Å². The van der Waals surface area contributed by atoms with E-state index in [4.69, 9.17) is 10.2 Å². The van der Waals surface area contributed by atoms with Crippen LogP contribution in [-0.4, -0.2) is 74.8 Å². The maximum atomic E-state index is 9.13. The highest BCUT2D eigenvalue weighted by Gasteiger charge is 2.07. The third-order valence-corrected chi connectivity index (χ3v) is 3.66. The second-order valence-electron chi connectivity index (χ2n) is 5.90. The maximum absolute atomic E-state index is 9.13. The van der Waals surface area contributed by atoms with E-state index in [-0.39, 0.29) is 13.2 Å². The zero-order chi connectivity index (χ0) is 18.7. The van der Waals surface area contributed by atoms with E-state index in [0.717, 1.165) is 23.6 Å². The van der Waals surface area contributed by atoms with E-state index in [0.29, 0.717) is 13.1 Å². The maximum Gasteiger partial charge on any atom is 0.108 e. The van der Waals surface area contributed by atoms with Gasteiger partial charge < -0.3 is 25.3 Å². The standard InChI is InChI=1S/C18H31N5O2/c1-16(15-21(3)10-9-19-2)20-22(4)17-5-7-18(8-6-17)23(11-13-24)12-14-25/h5-10,19,24-25H,11-15H2,1-4H3/p+1/b10-9-,20-16+. The molecular formula is C18H32N5O2+. The molecule has 0 saturated heterocycles. The summed E-state index contributed by atoms with van der Waals surface area (Å²) in [7, 11) is 5.93. The number of quaternary nitrogens is 1. The van der Waals surface area contributed by atoms with Crippen LogP contribution in [-0.2, 0) is 0 Å². The number of aliphatic hydroxyl groups excluding tert-OH is 2. The minimum atomic E-state index is 0.0584. The predicted molar refractivity (Wildman–Crippen MR) is 104 cm³/mol. The summed E-state index contributed by atoms with van der Waals surface area (Å²) >= 11 is 0. The Hall–Kier alpha value is -2.09. The molecule has 1 aromatic rings. The first-order valence-corrected chi connectivity index (χ1v) is 8.52. The van der Waals surface area contributed by atoms with Gasteiger partial charge in [0, 0.05) is 32.9 Å². The van der Waals surface area contributed by atoms with Gasteiger partial charge >= 0.3 is 0 Å². The number of hydrogen-bond acceptors (Lipinski definition) is 6. The Morgan fingerprint density at radius 3 is 2.16 bits per heavy atom. The van der Waals surface area contributed by atoms with Crippen LogP contribution in [0, 0.1) is 0 Å². The molecule has 0 aromatic heterocycles. The van der Waals surface area contributed by atoms with Crippen molar-refractivity contribution in [2.75, 3.05) is 63.9 Å². The molecule has 140 valence electrons. The average molecular weight is 350 g/mol. The van der Waals surface area contributed by atoms with Crippen molar-refractivity contribution in [3.63, 3.8) is 0 Å². The van der Waals surface area contributed by atoms with Gasteiger partial charge in [-0.15, -0.1) is 0 Å². The SMILES string of the molecule is C[NH2+]/C=C\N(C)C/C(C)=N/N(C)c1ccc(N(CCO)CCO)cc1. The fraction of sp³-hybridized carbons (Fsp3) is 0.500. The molecule has 4 N–H and O–H groups in total. The predicted octanol–water partition coefficient (Wildman–Crippen LogP) is -0.114. The highest BCUT2D eigenvalue weighted by Crippen LogP contribution is 2.20. The van der Waals surface area contributed by atoms with Crippen LogP contribution in [0.5, 0.6) is 0 Å². The fourth-order valence-corrected chi connectivity index (χ4v) is 2.48. The fourth-order valence-electron chi connectivity index (χ4n) is 2.48. The van der Waals surface area contributed by atoms with Crippen LogP contribution in [0.15, 0.2) is 41.8 Å². The lowest BCUT2D eigenvalue weighted by atomic mass is 10.2. The van der Waals surface area contributed by atoms with Crippen molar-refractivity contribution >= 4 is 17.1 Å². The lowest BCUT2D eigenvalue weighted by Gasteiger charge is -2.24. The normalized spacial score (nSPS) is 11.8. The Balaban J connectivity index is 2.73. The smallest absolute Gasteiger partial charge is 0.108 e. The molecule has 0 aliphatic carbocycles. The third kappa shape index (κ3) is 7.55. The van der Waals surface area contributed by atoms with Gasteiger partial charge in [0.05, 0.1) is 44.4 Å². The molecular weight excluding hydrogens is 318 g/mol. The van der Waals surface area contributed by atoms with Crippen molar-refractivity contribution in [3.8, 4) is 0 Å². The highest BCUT2D eigenvalue weighted by molar-refractivity contribution is 5.84. The van der Waals surface area contributed by atoms with Gasteiger partial charge in [-0.1, -0.05) is 0 Å². The van der Waals surface area contributed by atoms with Gasteiger partial charge in [0.1, 0.15) is 6.20 Å². The van der Waals surface area contributed by atoms with E-state index < -0.39 is 0 Å². The Kier molecular flexibility index (Phi) is 9.61. The molecule has 0 aliphatic heterocycles. The van der Waals surface area contributed by atoms with Crippen LogP contribution >= 0.6 is 0 Å². The van der Waals surface area contributed by atoms with Crippen LogP contribution in [0.1, 0.15) is 6.92 Å². The molecule has 7 heteroatoms. The van der Waals surface area contributed by atoms with E-state index >= 15 is 0 Å². The summed E-state index contributed by atoms with van der Waals surface area (Å²) in [4.78, 5) is 4.03. The van der Waals surface area contributed by atoms with Crippen LogP contribution in [0.4, 0.5) is 11.4 Å². The van der Waals surface area contributed by atoms with Gasteiger partial charge in [-0.2, -0.15) is 5.10 Å². The number of nitrogens with two attached hydrogens (primary N) is 1. The average Bonchev–Trinajstić information content (AvgIpc) is 2.59. The molecule has 1 aromatic carbocycles. The van der Waals surface area contributed by atoms with Gasteiger partial charge in [0.15, 0.2) is 0 Å². The number of hydrogen-bond donors (Lipinski definition) is 3. The molecule has 0 fully saturated rings. The summed E-state index contributed by atoms with van der Waals surface area (Å²) < 4.78 is 0. The molecule has 1 rings (SSSR count). The van der Waals surface area contributed by atoms with Crippen molar-refractivity contribution in [2.24, 2.45) is 5.10 Å². The van der Waals surface area contributed by atoms with E-state index in [1.807, 2.05) is 80.0 Å². The first kappa shape index (κ1) is 21.0. The molecule has 25 heavy (non-hydrogen) atoms. The summed E-state index contributed by atoms with van der Waals surface area (Å²) in [6.07, 6.45) is 4.02. The summed E-state index contributed by atoms with van der Waals surface area (Å²) in [5, 5.41) is 26.7. The Morgan fingerprint density at radius 1 is 1.08 bits per heavy atom. The Morgan fingerprint density at radius 2 is 1.64 bits per heavy atom. The summed E-state index contributed by atoms with van der Waals surface area (Å²) in [5.41, 5.74) is 2.97. The van der Waals surface area contributed by atoms with Crippen LogP contribution in [0.3, 0.4) is 0 Å². The van der Waals surface area contributed by atoms with Crippen LogP contribution in [0.25, 0.3) is 0 Å². The molecule has 0 radical (unpaired) electrons. The second kappa shape index (κ2) is 11.5. The molecule has 0 bridgehead atoms. The highest BCUT2D eigenvalue weighted by atomic mass is 16.3. The van der Waals surface area contributed by atoms with Crippen molar-refractivity contribution in [1.29, 1.82) is 0 Å². The minimum absolute atomic E-state index is 0.0584. The first-order valence-electron chi connectivity index (χ1n) is 8.52. The van der Waals surface area contributed by atoms with Crippen molar-refractivity contribution in [2.45, 2.75) is 6.92 Å². The molecule has 0 amide bonds. The van der Waals surface area contributed by atoms with Gasteiger partial charge in [-0.05, 0) is 31.2 Å². The van der Waals surface area contributed by atoms with Gasteiger partial charge in [0.25, 0.3) is 0 Å². The molecule has 0 heterocycles. The van der Waals surface area contributed by atoms with Gasteiger partial charge in [-0.25, -0.2) is 0 Å². The zero-order valence-electron chi connectivity index (χ0n) is 15.8. The van der Waals surface area contributed by atoms with E-state index in [9.17, 15) is 0 Å². The van der Waals surface area contributed by atoms with Crippen molar-refractivity contribution < 1.29 is 15.5 Å². The first-order chi connectivity index (χ1) is 12.0. The van der Waals surface area contributed by atoms with Gasteiger partial charge in [0.2, 0.25) is 0 Å². The van der Waals surface area contributed by atoms with E-state index in [2.05, 4.69) is 10.0 Å². The quantitative estimate of drug-likeness (QED) is 0.383. The van der Waals surface area contributed by atoms with Crippen LogP contribution in [0.2, 0.25) is 0 Å². The Bertz CT molecular complexity index is 539. The van der Waals surface area contributed by atoms with Crippen molar-refractivity contribution in [3.05, 3.63) is 36.7 Å². The number of benzene rings is 1. The number of aliphatic hydroxyl groups is 2. The third-order valence-electron chi connectivity index (χ3n) is 3.66. The van der Waals surface area contributed by atoms with Gasteiger partial charge in [-0.3, -0.25) is 5.01 Å². The number of anilines is 2. The van der Waals surface area contributed by atoms with E-state index in [1.165, 1.54) is 0 Å². The zero-order valence-corrected chi connectivity index (χ0v) is 15.8. The number of nitrogens with zero attached hydrogens (tertiary/aromatic N) is 4. The molecule has 0 atom stereocenters. The van der Waals surface area contributed by atoms with Crippen molar-refractivity contribution in [1.82, 2.24) is 4.90 Å². The number of rotatable bonds is 11. The van der Waals surface area contributed by atoms with E-state index in [1.54, 1.807) is 0 Å². The molecule has 0 aliphatic rings. The second-order valence-corrected chi connectivity index (χ2v) is 5.90. The molecule has 0 spiro atoms. The number of hydrazone groups is 1. The van der Waals surface area contributed by atoms with Crippen LogP contribution < -0.4 is 15.2 Å². The largest absolute Gasteiger partial charge is 0.395 e. The lowest BCUT2D eigenvalue weighted by Crippen LogP contribution is -2.72. The molecule has 0 saturated carbocycles. The monoisotopic (exact) mass is 350 g/mol. The molecule has 0 unspecified atom stereocenters. The summed E-state index contributed by atoms with van der Waals surface area (Å²) in [5.74, 6) is 0.